The first-order valence-corrected chi connectivity index (χ1v) is 11.6. The van der Waals surface area contributed by atoms with Gasteiger partial charge in [-0.3, -0.25) is 4.68 Å². The third-order valence-electron chi connectivity index (χ3n) is 6.82. The van der Waals surface area contributed by atoms with Gasteiger partial charge in [0, 0.05) is 56.4 Å². The molecule has 33 heavy (non-hydrogen) atoms. The third kappa shape index (κ3) is 3.81. The summed E-state index contributed by atoms with van der Waals surface area (Å²) in [6.07, 6.45) is 11.6. The number of rotatable bonds is 8. The van der Waals surface area contributed by atoms with Crippen molar-refractivity contribution in [2.45, 2.75) is 46.1 Å². The second-order valence-electron chi connectivity index (χ2n) is 9.26. The number of hydrogen-bond acceptors (Lipinski definition) is 6. The second kappa shape index (κ2) is 8.46. The Bertz CT molecular complexity index is 1300. The van der Waals surface area contributed by atoms with Crippen LogP contribution < -0.4 is 5.32 Å². The highest BCUT2D eigenvalue weighted by Gasteiger charge is 2.30. The first kappa shape index (κ1) is 21.4. The topological polar surface area (TPSA) is 94.9 Å². The van der Waals surface area contributed by atoms with Gasteiger partial charge in [0.25, 0.3) is 0 Å². The molecule has 4 aromatic rings. The lowest BCUT2D eigenvalue weighted by Crippen LogP contribution is -2.32. The minimum Gasteiger partial charge on any atom is -0.368 e. The Labute approximate surface area is 192 Å². The minimum absolute atomic E-state index is 0.296. The highest BCUT2D eigenvalue weighted by Crippen LogP contribution is 2.37. The average molecular weight is 447 g/mol. The highest BCUT2D eigenvalue weighted by molar-refractivity contribution is 5.82. The van der Waals surface area contributed by atoms with Gasteiger partial charge in [0.1, 0.15) is 11.8 Å². The average Bonchev–Trinajstić information content (AvgIpc) is 3.50. The monoisotopic (exact) mass is 446 g/mol. The minimum atomic E-state index is 0.296. The van der Waals surface area contributed by atoms with Gasteiger partial charge in [-0.1, -0.05) is 0 Å². The molecule has 0 radical (unpaired) electrons. The van der Waals surface area contributed by atoms with Crippen LogP contribution in [0.15, 0.2) is 30.9 Å². The number of aldehydes is 1. The summed E-state index contributed by atoms with van der Waals surface area (Å²) < 4.78 is 5.77. The summed E-state index contributed by atoms with van der Waals surface area (Å²) in [7, 11) is 1.94. The molecule has 0 amide bonds. The van der Waals surface area contributed by atoms with Gasteiger partial charge < -0.3 is 14.7 Å². The van der Waals surface area contributed by atoms with E-state index in [1.165, 1.54) is 0 Å². The number of imidazole rings is 1. The van der Waals surface area contributed by atoms with E-state index in [1.54, 1.807) is 6.20 Å². The zero-order valence-corrected chi connectivity index (χ0v) is 19.6. The first-order valence-electron chi connectivity index (χ1n) is 11.6. The lowest BCUT2D eigenvalue weighted by Gasteiger charge is -2.35. The van der Waals surface area contributed by atoms with Gasteiger partial charge in [0.15, 0.2) is 11.6 Å². The van der Waals surface area contributed by atoms with E-state index in [2.05, 4.69) is 31.1 Å². The van der Waals surface area contributed by atoms with Crippen LogP contribution >= 0.6 is 0 Å². The molecule has 0 saturated heterocycles. The van der Waals surface area contributed by atoms with Gasteiger partial charge in [-0.25, -0.2) is 14.5 Å². The summed E-state index contributed by atoms with van der Waals surface area (Å²) in [5, 5.41) is 13.1. The molecule has 0 spiro atoms. The van der Waals surface area contributed by atoms with Crippen LogP contribution in [0.5, 0.6) is 0 Å². The van der Waals surface area contributed by atoms with Crippen LogP contribution in [0.4, 0.5) is 5.82 Å². The van der Waals surface area contributed by atoms with Crippen molar-refractivity contribution in [3.05, 3.63) is 36.4 Å². The molecule has 1 N–H and O–H groups in total. The molecule has 0 aromatic carbocycles. The van der Waals surface area contributed by atoms with Crippen LogP contribution in [0.1, 0.15) is 44.7 Å². The smallest absolute Gasteiger partial charge is 0.218 e. The van der Waals surface area contributed by atoms with E-state index in [4.69, 9.17) is 15.2 Å². The van der Waals surface area contributed by atoms with Gasteiger partial charge in [0.2, 0.25) is 5.82 Å². The molecular weight excluding hydrogens is 416 g/mol. The Morgan fingerprint density at radius 1 is 1.21 bits per heavy atom. The fourth-order valence-electron chi connectivity index (χ4n) is 4.63. The van der Waals surface area contributed by atoms with E-state index < -0.39 is 0 Å². The number of nitrogens with one attached hydrogen (secondary N) is 1. The van der Waals surface area contributed by atoms with Gasteiger partial charge in [-0.2, -0.15) is 5.10 Å². The van der Waals surface area contributed by atoms with Crippen molar-refractivity contribution in [1.29, 1.82) is 0 Å². The fourth-order valence-corrected chi connectivity index (χ4v) is 4.63. The Balaban J connectivity index is 1.57. The van der Waals surface area contributed by atoms with Gasteiger partial charge >= 0.3 is 0 Å². The van der Waals surface area contributed by atoms with Crippen molar-refractivity contribution < 1.29 is 4.79 Å². The first-order chi connectivity index (χ1) is 16.0. The zero-order valence-electron chi connectivity index (χ0n) is 19.6. The lowest BCUT2D eigenvalue weighted by molar-refractivity contribution is -0.109. The Hall–Kier alpha value is -3.49. The van der Waals surface area contributed by atoms with Gasteiger partial charge in [-0.05, 0) is 57.1 Å². The molecule has 0 unspecified atom stereocenters. The molecule has 5 rings (SSSR count). The number of anilines is 1. The molecule has 9 heteroatoms. The summed E-state index contributed by atoms with van der Waals surface area (Å²) >= 11 is 0. The number of carbonyl (C=O) groups excluding carboxylic acids is 1. The molecule has 0 aliphatic heterocycles. The maximum Gasteiger partial charge on any atom is 0.218 e. The Kier molecular flexibility index (Phi) is 5.47. The number of aryl methyl sites for hydroxylation is 2. The van der Waals surface area contributed by atoms with Crippen molar-refractivity contribution in [3.8, 4) is 22.9 Å². The maximum atomic E-state index is 11.0. The molecule has 9 nitrogen and oxygen atoms in total. The molecule has 1 aliphatic carbocycles. The molecule has 1 fully saturated rings. The third-order valence-corrected chi connectivity index (χ3v) is 6.82. The molecule has 1 saturated carbocycles. The fraction of sp³-hybridized carbons (Fsp3) is 0.458. The van der Waals surface area contributed by atoms with E-state index in [0.717, 1.165) is 53.8 Å². The van der Waals surface area contributed by atoms with Crippen molar-refractivity contribution in [3.63, 3.8) is 0 Å². The van der Waals surface area contributed by atoms with Crippen molar-refractivity contribution in [1.82, 2.24) is 33.9 Å². The molecule has 4 aromatic heterocycles. The largest absolute Gasteiger partial charge is 0.368 e. The summed E-state index contributed by atoms with van der Waals surface area (Å²) in [5.74, 6) is 3.00. The highest BCUT2D eigenvalue weighted by atomic mass is 16.1. The number of hydrogen-bond donors (Lipinski definition) is 1. The summed E-state index contributed by atoms with van der Waals surface area (Å²) in [4.78, 5) is 20.3. The van der Waals surface area contributed by atoms with E-state index in [9.17, 15) is 4.79 Å². The van der Waals surface area contributed by atoms with E-state index in [0.29, 0.717) is 35.9 Å². The molecular formula is C24H30N8O. The van der Waals surface area contributed by atoms with Crippen molar-refractivity contribution >= 4 is 17.6 Å². The van der Waals surface area contributed by atoms with E-state index in [1.807, 2.05) is 45.5 Å². The van der Waals surface area contributed by atoms with Crippen LogP contribution in [0, 0.1) is 18.8 Å². The quantitative estimate of drug-likeness (QED) is 0.412. The van der Waals surface area contributed by atoms with Crippen LogP contribution in [0.25, 0.3) is 28.4 Å². The predicted molar refractivity (Wildman–Crippen MR) is 127 cm³/mol. The summed E-state index contributed by atoms with van der Waals surface area (Å²) in [5.41, 5.74) is 3.97. The van der Waals surface area contributed by atoms with E-state index >= 15 is 0 Å². The SMILES string of the molecule is Cc1c(-c2ccn(C(C)C)n2)cn2nc(-c3nccn3C)nc(NC[C@H]3CC[C@H]3CC=O)c12. The Morgan fingerprint density at radius 2 is 2.03 bits per heavy atom. The summed E-state index contributed by atoms with van der Waals surface area (Å²) in [6.45, 7) is 7.11. The predicted octanol–water partition coefficient (Wildman–Crippen LogP) is 3.91. The van der Waals surface area contributed by atoms with Gasteiger partial charge in [-0.15, -0.1) is 5.10 Å². The van der Waals surface area contributed by atoms with E-state index in [-0.39, 0.29) is 0 Å². The van der Waals surface area contributed by atoms with Crippen LogP contribution in [-0.4, -0.2) is 46.8 Å². The molecule has 4 heterocycles. The molecule has 2 atom stereocenters. The normalized spacial score (nSPS) is 18.1. The number of carbonyl (C=O) groups is 1. The molecule has 0 bridgehead atoms. The van der Waals surface area contributed by atoms with Crippen LogP contribution in [0.3, 0.4) is 0 Å². The van der Waals surface area contributed by atoms with Crippen LogP contribution in [0.2, 0.25) is 0 Å². The second-order valence-corrected chi connectivity index (χ2v) is 9.26. The molecule has 172 valence electrons. The van der Waals surface area contributed by atoms with Crippen molar-refractivity contribution in [2.24, 2.45) is 18.9 Å². The number of aromatic nitrogens is 7. The van der Waals surface area contributed by atoms with Crippen LogP contribution in [-0.2, 0) is 11.8 Å². The molecule has 1 aliphatic rings. The standard InChI is InChI=1S/C24H30N8O/c1-15(2)31-10-7-20(28-31)19-14-32-21(16(19)3)22(26-13-18-6-5-17(18)8-12-33)27-23(29-32)24-25-9-11-30(24)4/h7,9-12,14-15,17-18H,5-6,8,13H2,1-4H3,(H,26,27,29)/t17-,18+/m0/s1. The lowest BCUT2D eigenvalue weighted by atomic mass is 9.72. The Morgan fingerprint density at radius 3 is 2.67 bits per heavy atom. The number of nitrogens with zero attached hydrogens (tertiary/aromatic N) is 7. The zero-order chi connectivity index (χ0) is 23.1. The summed E-state index contributed by atoms with van der Waals surface area (Å²) in [6, 6.07) is 2.34. The van der Waals surface area contributed by atoms with Gasteiger partial charge in [0.05, 0.1) is 5.69 Å². The van der Waals surface area contributed by atoms with Crippen molar-refractivity contribution in [2.75, 3.05) is 11.9 Å². The maximum absolute atomic E-state index is 11.0. The number of fused-ring (bicyclic) bond motifs is 1.